The summed E-state index contributed by atoms with van der Waals surface area (Å²) in [4.78, 5) is 39.9. The molecular weight excluding hydrogens is 526 g/mol. The van der Waals surface area contributed by atoms with Gasteiger partial charge >= 0.3 is 12.1 Å². The molecule has 1 unspecified atom stereocenters. The molecule has 0 fully saturated rings. The summed E-state index contributed by atoms with van der Waals surface area (Å²) in [6.45, 7) is 0.825. The molecule has 0 spiro atoms. The van der Waals surface area contributed by atoms with Crippen LogP contribution in [0, 0.1) is 0 Å². The number of benzene rings is 3. The largest absolute Gasteiger partial charge is 0.480 e. The molecule has 3 N–H and O–H groups in total. The van der Waals surface area contributed by atoms with Crippen molar-refractivity contribution in [1.82, 2.24) is 15.5 Å². The van der Waals surface area contributed by atoms with Crippen LogP contribution >= 0.6 is 11.8 Å². The van der Waals surface area contributed by atoms with Crippen LogP contribution in [0.3, 0.4) is 0 Å². The van der Waals surface area contributed by atoms with Crippen LogP contribution in [-0.2, 0) is 20.9 Å². The van der Waals surface area contributed by atoms with Crippen LogP contribution in [0.2, 0.25) is 0 Å². The molecule has 0 aromatic heterocycles. The lowest BCUT2D eigenvalue weighted by molar-refractivity contribution is -0.142. The van der Waals surface area contributed by atoms with E-state index < -0.39 is 30.1 Å². The van der Waals surface area contributed by atoms with E-state index in [2.05, 4.69) is 22.8 Å². The van der Waals surface area contributed by atoms with Crippen molar-refractivity contribution in [3.05, 3.63) is 95.6 Å². The fourth-order valence-corrected chi connectivity index (χ4v) is 5.48. The first-order valence-corrected chi connectivity index (χ1v) is 14.6. The van der Waals surface area contributed by atoms with Crippen LogP contribution in [0.15, 0.2) is 78.9 Å². The van der Waals surface area contributed by atoms with Gasteiger partial charge in [0.15, 0.2) is 0 Å². The van der Waals surface area contributed by atoms with Gasteiger partial charge in [0.25, 0.3) is 0 Å². The molecule has 2 atom stereocenters. The Kier molecular flexibility index (Phi) is 10.2. The van der Waals surface area contributed by atoms with Crippen molar-refractivity contribution in [2.45, 2.75) is 31.0 Å². The van der Waals surface area contributed by atoms with E-state index in [0.29, 0.717) is 12.3 Å². The molecule has 0 aliphatic heterocycles. The van der Waals surface area contributed by atoms with Crippen LogP contribution < -0.4 is 10.6 Å². The van der Waals surface area contributed by atoms with E-state index in [0.717, 1.165) is 27.8 Å². The van der Waals surface area contributed by atoms with Gasteiger partial charge in [-0.3, -0.25) is 9.69 Å². The van der Waals surface area contributed by atoms with Crippen molar-refractivity contribution in [1.29, 1.82) is 0 Å². The van der Waals surface area contributed by atoms with E-state index in [-0.39, 0.29) is 25.5 Å². The summed E-state index contributed by atoms with van der Waals surface area (Å²) in [6, 6.07) is 23.8. The fourth-order valence-electron chi connectivity index (χ4n) is 5.01. The van der Waals surface area contributed by atoms with E-state index in [1.165, 1.54) is 11.8 Å². The van der Waals surface area contributed by atoms with Gasteiger partial charge in [-0.1, -0.05) is 78.9 Å². The number of ether oxygens (including phenoxy) is 1. The molecule has 0 bridgehead atoms. The van der Waals surface area contributed by atoms with E-state index in [1.54, 1.807) is 0 Å². The standard InChI is InChI=1S/C31H35N3O5S/c1-34(18-21-10-4-3-5-11-21)19-28(29(35)32-27(30(36)37)16-17-40-2)33-31(38)39-20-26-24-14-8-6-12-22(24)23-13-7-9-15-25(23)26/h3-15,26-28H,16-20H2,1-2H3,(H,32,35)(H,33,38)(H,36,37)/t27-,28?/m1/s1. The minimum Gasteiger partial charge on any atom is -0.480 e. The van der Waals surface area contributed by atoms with Crippen LogP contribution in [-0.4, -0.2) is 72.3 Å². The zero-order chi connectivity index (χ0) is 28.5. The van der Waals surface area contributed by atoms with Gasteiger partial charge in [0.1, 0.15) is 18.7 Å². The lowest BCUT2D eigenvalue weighted by Crippen LogP contribution is -2.55. The number of nitrogens with one attached hydrogen (secondary N) is 2. The van der Waals surface area contributed by atoms with Gasteiger partial charge in [-0.25, -0.2) is 9.59 Å². The second-order valence-corrected chi connectivity index (χ2v) is 10.9. The van der Waals surface area contributed by atoms with Crippen molar-refractivity contribution in [2.75, 3.05) is 32.2 Å². The summed E-state index contributed by atoms with van der Waals surface area (Å²) < 4.78 is 5.67. The highest BCUT2D eigenvalue weighted by Gasteiger charge is 2.31. The second-order valence-electron chi connectivity index (χ2n) is 9.89. The number of carbonyl (C=O) groups is 3. The number of likely N-dealkylation sites (N-methyl/N-ethyl adjacent to an activating group) is 1. The molecule has 2 amide bonds. The molecule has 3 aromatic carbocycles. The number of carboxylic acids is 1. The lowest BCUT2D eigenvalue weighted by Gasteiger charge is -2.26. The maximum Gasteiger partial charge on any atom is 0.407 e. The highest BCUT2D eigenvalue weighted by Crippen LogP contribution is 2.44. The number of fused-ring (bicyclic) bond motifs is 3. The SMILES string of the molecule is CSCC[C@@H](NC(=O)C(CN(C)Cc1ccccc1)NC(=O)OCC1c2ccccc2-c2ccccc21)C(=O)O. The molecule has 1 aliphatic rings. The summed E-state index contributed by atoms with van der Waals surface area (Å²) in [5, 5.41) is 14.9. The minimum atomic E-state index is -1.11. The molecule has 0 saturated heterocycles. The molecule has 40 heavy (non-hydrogen) atoms. The van der Waals surface area contributed by atoms with Crippen molar-refractivity contribution in [2.24, 2.45) is 0 Å². The fraction of sp³-hybridized carbons (Fsp3) is 0.323. The van der Waals surface area contributed by atoms with Gasteiger partial charge in [-0.2, -0.15) is 11.8 Å². The topological polar surface area (TPSA) is 108 Å². The van der Waals surface area contributed by atoms with E-state index in [4.69, 9.17) is 4.74 Å². The predicted molar refractivity (Wildman–Crippen MR) is 157 cm³/mol. The van der Waals surface area contributed by atoms with E-state index in [9.17, 15) is 19.5 Å². The second kappa shape index (κ2) is 14.0. The number of rotatable bonds is 13. The Hall–Kier alpha value is -3.82. The number of aliphatic carboxylic acids is 1. The van der Waals surface area contributed by atoms with Crippen LogP contribution in [0.1, 0.15) is 29.0 Å². The molecule has 210 valence electrons. The molecule has 8 nitrogen and oxygen atoms in total. The average Bonchev–Trinajstić information content (AvgIpc) is 3.27. The maximum absolute atomic E-state index is 13.3. The van der Waals surface area contributed by atoms with Crippen molar-refractivity contribution in [3.63, 3.8) is 0 Å². The van der Waals surface area contributed by atoms with Gasteiger partial charge in [0.05, 0.1) is 0 Å². The molecule has 4 rings (SSSR count). The number of hydrogen-bond acceptors (Lipinski definition) is 6. The Morgan fingerprint density at radius 3 is 2.10 bits per heavy atom. The predicted octanol–water partition coefficient (Wildman–Crippen LogP) is 4.35. The third kappa shape index (κ3) is 7.43. The molecular formula is C31H35N3O5S. The number of thioether (sulfide) groups is 1. The normalized spacial score (nSPS) is 13.7. The van der Waals surface area contributed by atoms with Gasteiger partial charge in [0.2, 0.25) is 5.91 Å². The highest BCUT2D eigenvalue weighted by molar-refractivity contribution is 7.98. The number of amides is 2. The first-order valence-electron chi connectivity index (χ1n) is 13.2. The molecule has 9 heteroatoms. The van der Waals surface area contributed by atoms with Crippen molar-refractivity contribution < 1.29 is 24.2 Å². The zero-order valence-electron chi connectivity index (χ0n) is 22.7. The number of hydrogen-bond donors (Lipinski definition) is 3. The maximum atomic E-state index is 13.3. The number of carboxylic acid groups (broad SMARTS) is 1. The summed E-state index contributed by atoms with van der Waals surface area (Å²) in [6.07, 6.45) is 1.42. The van der Waals surface area contributed by atoms with E-state index in [1.807, 2.05) is 84.9 Å². The van der Waals surface area contributed by atoms with Gasteiger partial charge in [-0.15, -0.1) is 0 Å². The third-order valence-electron chi connectivity index (χ3n) is 6.97. The quantitative estimate of drug-likeness (QED) is 0.285. The minimum absolute atomic E-state index is 0.111. The zero-order valence-corrected chi connectivity index (χ0v) is 23.5. The number of carbonyl (C=O) groups excluding carboxylic acids is 2. The number of alkyl carbamates (subject to hydrolysis) is 1. The Balaban J connectivity index is 1.44. The first kappa shape index (κ1) is 29.2. The molecule has 0 heterocycles. The smallest absolute Gasteiger partial charge is 0.407 e. The summed E-state index contributed by atoms with van der Waals surface area (Å²) in [5.41, 5.74) is 5.47. The van der Waals surface area contributed by atoms with Crippen LogP contribution in [0.25, 0.3) is 11.1 Å². The summed E-state index contributed by atoms with van der Waals surface area (Å²) in [7, 11) is 1.84. The lowest BCUT2D eigenvalue weighted by atomic mass is 9.98. The molecule has 3 aromatic rings. The van der Waals surface area contributed by atoms with Gasteiger partial charge < -0.3 is 20.5 Å². The Morgan fingerprint density at radius 1 is 0.900 bits per heavy atom. The Bertz CT molecular complexity index is 1270. The molecule has 0 radical (unpaired) electrons. The third-order valence-corrected chi connectivity index (χ3v) is 7.61. The summed E-state index contributed by atoms with van der Waals surface area (Å²) in [5.74, 6) is -1.22. The Morgan fingerprint density at radius 2 is 1.50 bits per heavy atom. The molecule has 0 saturated carbocycles. The van der Waals surface area contributed by atoms with Gasteiger partial charge in [0, 0.05) is 19.0 Å². The van der Waals surface area contributed by atoms with Crippen LogP contribution in [0.5, 0.6) is 0 Å². The van der Waals surface area contributed by atoms with E-state index >= 15 is 0 Å². The highest BCUT2D eigenvalue weighted by atomic mass is 32.2. The molecule has 1 aliphatic carbocycles. The van der Waals surface area contributed by atoms with Crippen LogP contribution in [0.4, 0.5) is 4.79 Å². The number of nitrogens with zero attached hydrogens (tertiary/aromatic N) is 1. The summed E-state index contributed by atoms with van der Waals surface area (Å²) >= 11 is 1.50. The average molecular weight is 562 g/mol. The van der Waals surface area contributed by atoms with Gasteiger partial charge in [-0.05, 0) is 53.3 Å². The van der Waals surface area contributed by atoms with Crippen molar-refractivity contribution in [3.8, 4) is 11.1 Å². The Labute approximate surface area is 239 Å². The monoisotopic (exact) mass is 561 g/mol. The van der Waals surface area contributed by atoms with Crippen molar-refractivity contribution >= 4 is 29.7 Å². The first-order chi connectivity index (χ1) is 19.4.